The molecule has 1 N–H and O–H groups in total. The Kier molecular flexibility index (Phi) is 3.25. The summed E-state index contributed by atoms with van der Waals surface area (Å²) < 4.78 is 5.17. The van der Waals surface area contributed by atoms with E-state index in [1.54, 1.807) is 36.0 Å². The normalized spacial score (nSPS) is 14.5. The summed E-state index contributed by atoms with van der Waals surface area (Å²) >= 11 is 1.55. The topological polar surface area (TPSA) is 76.2 Å². The zero-order valence-electron chi connectivity index (χ0n) is 10.1. The van der Waals surface area contributed by atoms with Gasteiger partial charge in [0.25, 0.3) is 0 Å². The van der Waals surface area contributed by atoms with Crippen molar-refractivity contribution in [2.75, 3.05) is 0 Å². The molecule has 0 saturated heterocycles. The molecule has 1 aliphatic rings. The van der Waals surface area contributed by atoms with Crippen molar-refractivity contribution < 1.29 is 14.4 Å². The summed E-state index contributed by atoms with van der Waals surface area (Å²) in [6.45, 7) is 0. The molecule has 0 atom stereocenters. The van der Waals surface area contributed by atoms with E-state index in [2.05, 4.69) is 10.1 Å². The number of hydrogen-bond acceptors (Lipinski definition) is 5. The predicted octanol–water partition coefficient (Wildman–Crippen LogP) is 2.94. The number of benzene rings is 1. The molecule has 6 heteroatoms. The number of thioether (sulfide) groups is 1. The number of hydrogen-bond donors (Lipinski definition) is 1. The van der Waals surface area contributed by atoms with Crippen LogP contribution in [0.2, 0.25) is 0 Å². The van der Waals surface area contributed by atoms with Crippen LogP contribution >= 0.6 is 11.8 Å². The minimum atomic E-state index is -0.914. The van der Waals surface area contributed by atoms with Gasteiger partial charge in [-0.15, -0.1) is 11.8 Å². The molecule has 3 rings (SSSR count). The predicted molar refractivity (Wildman–Crippen MR) is 69.2 cm³/mol. The van der Waals surface area contributed by atoms with Crippen LogP contribution in [-0.4, -0.2) is 21.2 Å². The summed E-state index contributed by atoms with van der Waals surface area (Å²) in [4.78, 5) is 16.0. The van der Waals surface area contributed by atoms with Crippen molar-refractivity contribution in [1.82, 2.24) is 10.1 Å². The lowest BCUT2D eigenvalue weighted by Gasteiger charge is -1.99. The van der Waals surface area contributed by atoms with Crippen molar-refractivity contribution >= 4 is 17.7 Å². The quantitative estimate of drug-likeness (QED) is 0.846. The van der Waals surface area contributed by atoms with Gasteiger partial charge >= 0.3 is 5.97 Å². The van der Waals surface area contributed by atoms with Crippen LogP contribution in [0.4, 0.5) is 0 Å². The number of carbonyl (C=O) groups is 1. The summed E-state index contributed by atoms with van der Waals surface area (Å²) in [7, 11) is 0. The zero-order chi connectivity index (χ0) is 13.2. The van der Waals surface area contributed by atoms with Crippen LogP contribution < -0.4 is 0 Å². The van der Waals surface area contributed by atoms with Gasteiger partial charge in [-0.1, -0.05) is 5.16 Å². The van der Waals surface area contributed by atoms with Crippen LogP contribution in [-0.2, 0) is 5.75 Å². The van der Waals surface area contributed by atoms with Crippen molar-refractivity contribution in [3.8, 4) is 0 Å². The van der Waals surface area contributed by atoms with Gasteiger partial charge in [-0.05, 0) is 37.1 Å². The Hall–Kier alpha value is -1.82. The SMILES string of the molecule is O=C(O)c1ccc(SCc2nc(C3CC3)no2)cc1. The first-order valence-electron chi connectivity index (χ1n) is 6.01. The second kappa shape index (κ2) is 5.05. The van der Waals surface area contributed by atoms with Gasteiger partial charge in [-0.25, -0.2) is 4.79 Å². The fourth-order valence-corrected chi connectivity index (χ4v) is 2.41. The lowest BCUT2D eigenvalue weighted by atomic mass is 10.2. The molecule has 0 radical (unpaired) electrons. The van der Waals surface area contributed by atoms with Gasteiger partial charge in [-0.2, -0.15) is 4.98 Å². The van der Waals surface area contributed by atoms with E-state index in [-0.39, 0.29) is 5.56 Å². The van der Waals surface area contributed by atoms with Crippen LogP contribution in [0.3, 0.4) is 0 Å². The number of rotatable bonds is 5. The highest BCUT2D eigenvalue weighted by Crippen LogP contribution is 2.38. The first-order chi connectivity index (χ1) is 9.22. The molecule has 1 aliphatic carbocycles. The van der Waals surface area contributed by atoms with Gasteiger partial charge in [-0.3, -0.25) is 0 Å². The third kappa shape index (κ3) is 2.96. The molecule has 5 nitrogen and oxygen atoms in total. The molecule has 98 valence electrons. The smallest absolute Gasteiger partial charge is 0.335 e. The molecule has 1 fully saturated rings. The Balaban J connectivity index is 1.59. The van der Waals surface area contributed by atoms with E-state index in [9.17, 15) is 4.79 Å². The highest BCUT2D eigenvalue weighted by molar-refractivity contribution is 7.98. The van der Waals surface area contributed by atoms with E-state index >= 15 is 0 Å². The van der Waals surface area contributed by atoms with Crippen LogP contribution in [0.25, 0.3) is 0 Å². The number of aromatic carboxylic acids is 1. The maximum Gasteiger partial charge on any atom is 0.335 e. The molecule has 0 unspecified atom stereocenters. The van der Waals surface area contributed by atoms with Crippen LogP contribution in [0, 0.1) is 0 Å². The average molecular weight is 276 g/mol. The van der Waals surface area contributed by atoms with E-state index in [0.29, 0.717) is 17.6 Å². The van der Waals surface area contributed by atoms with Gasteiger partial charge in [0.05, 0.1) is 11.3 Å². The molecule has 1 heterocycles. The highest BCUT2D eigenvalue weighted by Gasteiger charge is 2.28. The van der Waals surface area contributed by atoms with Crippen molar-refractivity contribution in [3.63, 3.8) is 0 Å². The Morgan fingerprint density at radius 2 is 2.11 bits per heavy atom. The maximum atomic E-state index is 10.7. The summed E-state index contributed by atoms with van der Waals surface area (Å²) in [6.07, 6.45) is 2.31. The first kappa shape index (κ1) is 12.2. The van der Waals surface area contributed by atoms with Crippen LogP contribution in [0.1, 0.15) is 40.8 Å². The second-order valence-corrected chi connectivity index (χ2v) is 5.49. The summed E-state index contributed by atoms with van der Waals surface area (Å²) in [6, 6.07) is 6.75. The van der Waals surface area contributed by atoms with Crippen molar-refractivity contribution in [2.24, 2.45) is 0 Å². The number of carboxylic acid groups (broad SMARTS) is 1. The van der Waals surface area contributed by atoms with Gasteiger partial charge in [0.15, 0.2) is 5.82 Å². The zero-order valence-corrected chi connectivity index (χ0v) is 10.9. The molecule has 1 saturated carbocycles. The average Bonchev–Trinajstić information content (AvgIpc) is 3.16. The second-order valence-electron chi connectivity index (χ2n) is 4.44. The largest absolute Gasteiger partial charge is 0.478 e. The Morgan fingerprint density at radius 1 is 1.37 bits per heavy atom. The van der Waals surface area contributed by atoms with Crippen LogP contribution in [0.15, 0.2) is 33.7 Å². The lowest BCUT2D eigenvalue weighted by Crippen LogP contribution is -1.94. The third-order valence-corrected chi connectivity index (χ3v) is 3.89. The molecule has 0 aliphatic heterocycles. The summed E-state index contributed by atoms with van der Waals surface area (Å²) in [5, 5.41) is 12.8. The highest BCUT2D eigenvalue weighted by atomic mass is 32.2. The fraction of sp³-hybridized carbons (Fsp3) is 0.308. The Morgan fingerprint density at radius 3 is 2.74 bits per heavy atom. The Bertz CT molecular complexity index is 590. The van der Waals surface area contributed by atoms with Gasteiger partial charge in [0.1, 0.15) is 0 Å². The summed E-state index contributed by atoms with van der Waals surface area (Å²) in [5.41, 5.74) is 0.290. The molecule has 2 aromatic rings. The van der Waals surface area contributed by atoms with Gasteiger partial charge in [0, 0.05) is 10.8 Å². The number of aromatic nitrogens is 2. The van der Waals surface area contributed by atoms with Gasteiger partial charge < -0.3 is 9.63 Å². The Labute approximate surface area is 114 Å². The van der Waals surface area contributed by atoms with Crippen molar-refractivity contribution in [2.45, 2.75) is 29.4 Å². The summed E-state index contributed by atoms with van der Waals surface area (Å²) in [5.74, 6) is 1.62. The molecule has 1 aromatic carbocycles. The van der Waals surface area contributed by atoms with Crippen molar-refractivity contribution in [3.05, 3.63) is 41.5 Å². The van der Waals surface area contributed by atoms with Crippen molar-refractivity contribution in [1.29, 1.82) is 0 Å². The third-order valence-electron chi connectivity index (χ3n) is 2.89. The molecule has 0 bridgehead atoms. The first-order valence-corrected chi connectivity index (χ1v) is 6.99. The minimum Gasteiger partial charge on any atom is -0.478 e. The number of nitrogens with zero attached hydrogens (tertiary/aromatic N) is 2. The minimum absolute atomic E-state index is 0.290. The molecule has 0 amide bonds. The van der Waals surface area contributed by atoms with E-state index in [1.807, 2.05) is 0 Å². The molecule has 0 spiro atoms. The number of carboxylic acids is 1. The monoisotopic (exact) mass is 276 g/mol. The molecule has 1 aromatic heterocycles. The molecular formula is C13H12N2O3S. The molecular weight excluding hydrogens is 264 g/mol. The fourth-order valence-electron chi connectivity index (χ4n) is 1.67. The van der Waals surface area contributed by atoms with Crippen LogP contribution in [0.5, 0.6) is 0 Å². The van der Waals surface area contributed by atoms with E-state index < -0.39 is 5.97 Å². The van der Waals surface area contributed by atoms with E-state index in [4.69, 9.17) is 9.63 Å². The maximum absolute atomic E-state index is 10.7. The van der Waals surface area contributed by atoms with E-state index in [0.717, 1.165) is 23.6 Å². The van der Waals surface area contributed by atoms with E-state index in [1.165, 1.54) is 0 Å². The van der Waals surface area contributed by atoms with Gasteiger partial charge in [0.2, 0.25) is 5.89 Å². The molecule has 19 heavy (non-hydrogen) atoms. The standard InChI is InChI=1S/C13H12N2O3S/c16-13(17)9-3-5-10(6-4-9)19-7-11-14-12(15-18-11)8-1-2-8/h3-6,8H,1-2,7H2,(H,16,17). The lowest BCUT2D eigenvalue weighted by molar-refractivity contribution is 0.0697.